The molecule has 1 fully saturated rings. The summed E-state index contributed by atoms with van der Waals surface area (Å²) in [5.74, 6) is 2.33. The first-order chi connectivity index (χ1) is 10.2. The molecule has 0 atom stereocenters. The van der Waals surface area contributed by atoms with Crippen molar-refractivity contribution in [3.05, 3.63) is 29.6 Å². The maximum absolute atomic E-state index is 13.9. The summed E-state index contributed by atoms with van der Waals surface area (Å²) in [4.78, 5) is 12.3. The summed E-state index contributed by atoms with van der Waals surface area (Å²) in [6, 6.07) is 4.64. The molecule has 0 spiro atoms. The first-order valence-corrected chi connectivity index (χ1v) is 8.76. The first kappa shape index (κ1) is 16.1. The number of halogens is 1. The third-order valence-electron chi connectivity index (χ3n) is 3.70. The van der Waals surface area contributed by atoms with Crippen LogP contribution in [0.2, 0.25) is 0 Å². The Labute approximate surface area is 130 Å². The molecule has 1 amide bonds. The fourth-order valence-electron chi connectivity index (χ4n) is 2.43. The number of anilines is 1. The van der Waals surface area contributed by atoms with Crippen molar-refractivity contribution < 1.29 is 9.18 Å². The Morgan fingerprint density at radius 3 is 2.86 bits per heavy atom. The van der Waals surface area contributed by atoms with Crippen LogP contribution in [0.3, 0.4) is 0 Å². The lowest BCUT2D eigenvalue weighted by molar-refractivity contribution is 0.0946. The summed E-state index contributed by atoms with van der Waals surface area (Å²) < 4.78 is 13.9. The van der Waals surface area contributed by atoms with E-state index in [4.69, 9.17) is 0 Å². The first-order valence-electron chi connectivity index (χ1n) is 7.60. The van der Waals surface area contributed by atoms with Crippen LogP contribution in [0.25, 0.3) is 0 Å². The highest BCUT2D eigenvalue weighted by atomic mass is 32.2. The zero-order chi connectivity index (χ0) is 15.1. The second kappa shape index (κ2) is 8.27. The number of nitrogens with one attached hydrogen (secondary N) is 2. The quantitative estimate of drug-likeness (QED) is 0.844. The number of rotatable bonds is 6. The van der Waals surface area contributed by atoms with Gasteiger partial charge in [-0.1, -0.05) is 13.0 Å². The number of carbonyl (C=O) groups excluding carboxylic acids is 1. The molecule has 0 bridgehead atoms. The molecule has 3 nitrogen and oxygen atoms in total. The van der Waals surface area contributed by atoms with Crippen molar-refractivity contribution >= 4 is 23.4 Å². The van der Waals surface area contributed by atoms with E-state index in [2.05, 4.69) is 10.6 Å². The SMILES string of the molecule is CCCNc1c(F)cccc1C(=O)NCC1CCSCC1. The van der Waals surface area contributed by atoms with E-state index in [0.717, 1.165) is 19.3 Å². The van der Waals surface area contributed by atoms with Gasteiger partial charge in [-0.2, -0.15) is 11.8 Å². The van der Waals surface area contributed by atoms with Gasteiger partial charge in [-0.25, -0.2) is 4.39 Å². The minimum Gasteiger partial charge on any atom is -0.382 e. The molecule has 2 N–H and O–H groups in total. The van der Waals surface area contributed by atoms with Crippen LogP contribution in [0.4, 0.5) is 10.1 Å². The Kier molecular flexibility index (Phi) is 6.36. The molecule has 21 heavy (non-hydrogen) atoms. The minimum atomic E-state index is -0.370. The van der Waals surface area contributed by atoms with E-state index < -0.39 is 0 Å². The fraction of sp³-hybridized carbons (Fsp3) is 0.562. The van der Waals surface area contributed by atoms with E-state index in [1.165, 1.54) is 17.6 Å². The third kappa shape index (κ3) is 4.63. The highest BCUT2D eigenvalue weighted by molar-refractivity contribution is 7.99. The van der Waals surface area contributed by atoms with Crippen LogP contribution in [-0.4, -0.2) is 30.5 Å². The van der Waals surface area contributed by atoms with Gasteiger partial charge in [0.1, 0.15) is 5.82 Å². The fourth-order valence-corrected chi connectivity index (χ4v) is 3.63. The van der Waals surface area contributed by atoms with E-state index in [1.807, 2.05) is 18.7 Å². The Bertz CT molecular complexity index is 475. The molecule has 1 aliphatic rings. The van der Waals surface area contributed by atoms with Gasteiger partial charge in [-0.15, -0.1) is 0 Å². The van der Waals surface area contributed by atoms with Gasteiger partial charge in [-0.3, -0.25) is 4.79 Å². The highest BCUT2D eigenvalue weighted by Crippen LogP contribution is 2.23. The molecule has 1 aliphatic heterocycles. The van der Waals surface area contributed by atoms with Crippen LogP contribution in [0.15, 0.2) is 18.2 Å². The van der Waals surface area contributed by atoms with Crippen molar-refractivity contribution in [3.63, 3.8) is 0 Å². The van der Waals surface area contributed by atoms with E-state index in [0.29, 0.717) is 30.3 Å². The van der Waals surface area contributed by atoms with Gasteiger partial charge >= 0.3 is 0 Å². The molecule has 2 rings (SSSR count). The molecular weight excluding hydrogens is 287 g/mol. The third-order valence-corrected chi connectivity index (χ3v) is 4.75. The summed E-state index contributed by atoms with van der Waals surface area (Å²) >= 11 is 1.97. The molecule has 1 heterocycles. The van der Waals surface area contributed by atoms with E-state index in [9.17, 15) is 9.18 Å². The highest BCUT2D eigenvalue weighted by Gasteiger charge is 2.18. The zero-order valence-electron chi connectivity index (χ0n) is 12.5. The molecule has 1 aromatic carbocycles. The van der Waals surface area contributed by atoms with E-state index >= 15 is 0 Å². The molecule has 1 aromatic rings. The van der Waals surface area contributed by atoms with Crippen LogP contribution < -0.4 is 10.6 Å². The minimum absolute atomic E-state index is 0.189. The van der Waals surface area contributed by atoms with Gasteiger partial charge in [0.05, 0.1) is 11.3 Å². The maximum Gasteiger partial charge on any atom is 0.253 e. The predicted octanol–water partition coefficient (Wildman–Crippen LogP) is 3.52. The average molecular weight is 310 g/mol. The van der Waals surface area contributed by atoms with E-state index in [1.54, 1.807) is 12.1 Å². The van der Waals surface area contributed by atoms with Gasteiger partial charge < -0.3 is 10.6 Å². The Morgan fingerprint density at radius 2 is 2.14 bits per heavy atom. The lowest BCUT2D eigenvalue weighted by Crippen LogP contribution is -2.31. The largest absolute Gasteiger partial charge is 0.382 e. The molecule has 0 aromatic heterocycles. The van der Waals surface area contributed by atoms with Crippen LogP contribution in [0.5, 0.6) is 0 Å². The normalized spacial score (nSPS) is 15.7. The lowest BCUT2D eigenvalue weighted by atomic mass is 10.0. The van der Waals surface area contributed by atoms with Gasteiger partial charge in [0.15, 0.2) is 0 Å². The van der Waals surface area contributed by atoms with E-state index in [-0.39, 0.29) is 11.7 Å². The van der Waals surface area contributed by atoms with Gasteiger partial charge in [-0.05, 0) is 48.8 Å². The average Bonchev–Trinajstić information content (AvgIpc) is 2.52. The summed E-state index contributed by atoms with van der Waals surface area (Å²) in [5, 5.41) is 5.97. The van der Waals surface area contributed by atoms with Crippen molar-refractivity contribution in [2.45, 2.75) is 26.2 Å². The molecule has 0 saturated carbocycles. The zero-order valence-corrected chi connectivity index (χ0v) is 13.3. The van der Waals surface area contributed by atoms with Gasteiger partial charge in [0.25, 0.3) is 5.91 Å². The molecule has 0 radical (unpaired) electrons. The van der Waals surface area contributed by atoms with Gasteiger partial charge in [0.2, 0.25) is 0 Å². The summed E-state index contributed by atoms with van der Waals surface area (Å²) in [5.41, 5.74) is 0.713. The van der Waals surface area contributed by atoms with Gasteiger partial charge in [0, 0.05) is 13.1 Å². The summed E-state index contributed by atoms with van der Waals surface area (Å²) in [6.07, 6.45) is 3.18. The maximum atomic E-state index is 13.9. The number of thioether (sulfide) groups is 1. The second-order valence-corrected chi connectivity index (χ2v) is 6.58. The van der Waals surface area contributed by atoms with Crippen molar-refractivity contribution in [3.8, 4) is 0 Å². The molecule has 0 unspecified atom stereocenters. The van der Waals surface area contributed by atoms with Crippen LogP contribution in [-0.2, 0) is 0 Å². The Morgan fingerprint density at radius 1 is 1.38 bits per heavy atom. The number of benzene rings is 1. The molecule has 116 valence electrons. The van der Waals surface area contributed by atoms with Crippen LogP contribution in [0, 0.1) is 11.7 Å². The number of carbonyl (C=O) groups is 1. The van der Waals surface area contributed by atoms with Crippen molar-refractivity contribution in [2.24, 2.45) is 5.92 Å². The molecule has 0 aliphatic carbocycles. The topological polar surface area (TPSA) is 41.1 Å². The lowest BCUT2D eigenvalue weighted by Gasteiger charge is -2.22. The smallest absolute Gasteiger partial charge is 0.253 e. The predicted molar refractivity (Wildman–Crippen MR) is 87.6 cm³/mol. The summed E-state index contributed by atoms with van der Waals surface area (Å²) in [7, 11) is 0. The molecule has 5 heteroatoms. The van der Waals surface area contributed by atoms with Crippen molar-refractivity contribution in [2.75, 3.05) is 29.9 Å². The monoisotopic (exact) mass is 310 g/mol. The number of para-hydroxylation sites is 1. The van der Waals surface area contributed by atoms with Crippen LogP contribution >= 0.6 is 11.8 Å². The van der Waals surface area contributed by atoms with Crippen LogP contribution in [0.1, 0.15) is 36.5 Å². The van der Waals surface area contributed by atoms with Crippen molar-refractivity contribution in [1.82, 2.24) is 5.32 Å². The summed E-state index contributed by atoms with van der Waals surface area (Å²) in [6.45, 7) is 3.35. The Balaban J connectivity index is 1.98. The number of hydrogen-bond acceptors (Lipinski definition) is 3. The number of hydrogen-bond donors (Lipinski definition) is 2. The second-order valence-electron chi connectivity index (χ2n) is 5.35. The number of amides is 1. The molecule has 1 saturated heterocycles. The Hall–Kier alpha value is -1.23. The van der Waals surface area contributed by atoms with Crippen molar-refractivity contribution in [1.29, 1.82) is 0 Å². The standard InChI is InChI=1S/C16H23FN2OS/c1-2-8-18-15-13(4-3-5-14(15)17)16(20)19-11-12-6-9-21-10-7-12/h3-5,12,18H,2,6-11H2,1H3,(H,19,20). The molecular formula is C16H23FN2OS.